The summed E-state index contributed by atoms with van der Waals surface area (Å²) >= 11 is 0. The number of rotatable bonds is 14. The van der Waals surface area contributed by atoms with Gasteiger partial charge in [-0.2, -0.15) is 0 Å². The SMILES string of the molecule is CCCCC[C@@H](C(=O)NCNC(=O)c1ccc(-c2cc(O)cc(C(=O)O)c2)o1)[C@@H](CC)N(O)C=O. The van der Waals surface area contributed by atoms with Gasteiger partial charge in [-0.1, -0.05) is 33.1 Å². The van der Waals surface area contributed by atoms with E-state index in [2.05, 4.69) is 10.6 Å². The van der Waals surface area contributed by atoms with E-state index in [-0.39, 0.29) is 41.5 Å². The van der Waals surface area contributed by atoms with Gasteiger partial charge in [0.25, 0.3) is 5.91 Å². The summed E-state index contributed by atoms with van der Waals surface area (Å²) in [5.41, 5.74) is 0.138. The molecular formula is C24H31N3O8. The lowest BCUT2D eigenvalue weighted by Gasteiger charge is -2.29. The standard InChI is InChI=1S/C24H31N3O8/c1-3-5-6-7-18(19(4-2)27(34)14-28)22(30)25-13-26-23(31)21-9-8-20(35-21)15-10-16(24(32)33)12-17(29)11-15/h8-12,14,18-19,29,34H,3-7,13H2,1-2H3,(H,25,30)(H,26,31)(H,32,33)/t18-,19-/m1/s1. The number of benzene rings is 1. The van der Waals surface area contributed by atoms with E-state index >= 15 is 0 Å². The second kappa shape index (κ2) is 13.1. The Balaban J connectivity index is 2.02. The predicted octanol–water partition coefficient (Wildman–Crippen LogP) is 2.98. The maximum absolute atomic E-state index is 12.8. The molecule has 190 valence electrons. The Kier molecular flexibility index (Phi) is 10.3. The number of amides is 3. The van der Waals surface area contributed by atoms with E-state index in [0.717, 1.165) is 25.3 Å². The van der Waals surface area contributed by atoms with Gasteiger partial charge in [0, 0.05) is 5.56 Å². The molecule has 0 bridgehead atoms. The molecule has 0 saturated carbocycles. The summed E-state index contributed by atoms with van der Waals surface area (Å²) < 4.78 is 5.49. The molecule has 3 amide bonds. The first kappa shape index (κ1) is 27.4. The van der Waals surface area contributed by atoms with E-state index in [9.17, 15) is 29.5 Å². The number of aromatic hydroxyl groups is 1. The van der Waals surface area contributed by atoms with Crippen LogP contribution in [0.3, 0.4) is 0 Å². The van der Waals surface area contributed by atoms with Crippen LogP contribution in [0.1, 0.15) is 66.9 Å². The molecule has 0 saturated heterocycles. The monoisotopic (exact) mass is 489 g/mol. The van der Waals surface area contributed by atoms with Crippen LogP contribution in [0.5, 0.6) is 5.75 Å². The molecule has 0 fully saturated rings. The fourth-order valence-corrected chi connectivity index (χ4v) is 3.77. The lowest BCUT2D eigenvalue weighted by atomic mass is 9.90. The maximum Gasteiger partial charge on any atom is 0.335 e. The van der Waals surface area contributed by atoms with Crippen molar-refractivity contribution in [2.75, 3.05) is 6.67 Å². The Labute approximate surface area is 202 Å². The molecule has 0 radical (unpaired) electrons. The number of furan rings is 1. The number of nitrogens with one attached hydrogen (secondary N) is 2. The van der Waals surface area contributed by atoms with Crippen molar-refractivity contribution in [3.8, 4) is 17.1 Å². The Bertz CT molecular complexity index is 1040. The van der Waals surface area contributed by atoms with E-state index in [0.29, 0.717) is 17.9 Å². The highest BCUT2D eigenvalue weighted by Gasteiger charge is 2.30. The number of aromatic carboxylic acids is 1. The summed E-state index contributed by atoms with van der Waals surface area (Å²) in [5.74, 6) is -3.07. The number of hydrogen-bond acceptors (Lipinski definition) is 7. The van der Waals surface area contributed by atoms with E-state index in [1.165, 1.54) is 24.3 Å². The average molecular weight is 490 g/mol. The summed E-state index contributed by atoms with van der Waals surface area (Å²) in [5, 5.41) is 34.4. The first-order chi connectivity index (χ1) is 16.7. The van der Waals surface area contributed by atoms with Crippen molar-refractivity contribution >= 4 is 24.2 Å². The average Bonchev–Trinajstić information content (AvgIpc) is 3.33. The molecule has 0 aliphatic heterocycles. The fourth-order valence-electron chi connectivity index (χ4n) is 3.77. The van der Waals surface area contributed by atoms with E-state index in [1.54, 1.807) is 6.92 Å². The van der Waals surface area contributed by atoms with Crippen LogP contribution in [0.4, 0.5) is 0 Å². The van der Waals surface area contributed by atoms with Crippen LogP contribution in [-0.4, -0.2) is 57.4 Å². The second-order valence-corrected chi connectivity index (χ2v) is 8.02. The minimum atomic E-state index is -1.22. The zero-order chi connectivity index (χ0) is 26.0. The van der Waals surface area contributed by atoms with Crippen molar-refractivity contribution in [3.05, 3.63) is 41.7 Å². The normalized spacial score (nSPS) is 12.4. The van der Waals surface area contributed by atoms with Crippen LogP contribution >= 0.6 is 0 Å². The summed E-state index contributed by atoms with van der Waals surface area (Å²) in [6, 6.07) is 5.85. The van der Waals surface area contributed by atoms with Crippen LogP contribution < -0.4 is 10.6 Å². The summed E-state index contributed by atoms with van der Waals surface area (Å²) in [6.07, 6.45) is 3.72. The predicted molar refractivity (Wildman–Crippen MR) is 125 cm³/mol. The Hall–Kier alpha value is -3.86. The van der Waals surface area contributed by atoms with Gasteiger partial charge in [0.1, 0.15) is 11.5 Å². The van der Waals surface area contributed by atoms with Crippen LogP contribution in [0, 0.1) is 5.92 Å². The van der Waals surface area contributed by atoms with Gasteiger partial charge in [-0.25, -0.2) is 9.86 Å². The number of hydroxylamine groups is 2. The van der Waals surface area contributed by atoms with Crippen LogP contribution in [0.2, 0.25) is 0 Å². The van der Waals surface area contributed by atoms with Crippen molar-refractivity contribution < 1.29 is 39.0 Å². The van der Waals surface area contributed by atoms with Crippen molar-refractivity contribution in [1.82, 2.24) is 15.7 Å². The van der Waals surface area contributed by atoms with Gasteiger partial charge in [-0.3, -0.25) is 19.6 Å². The number of carbonyl (C=O) groups excluding carboxylic acids is 3. The van der Waals surface area contributed by atoms with Gasteiger partial charge in [-0.15, -0.1) is 0 Å². The fraction of sp³-hybridized carbons (Fsp3) is 0.417. The maximum atomic E-state index is 12.8. The third-order valence-corrected chi connectivity index (χ3v) is 5.58. The highest BCUT2D eigenvalue weighted by molar-refractivity contribution is 5.93. The topological polar surface area (TPSA) is 169 Å². The summed E-state index contributed by atoms with van der Waals surface area (Å²) in [6.45, 7) is 3.58. The number of nitrogens with zero attached hydrogens (tertiary/aromatic N) is 1. The molecule has 11 nitrogen and oxygen atoms in total. The van der Waals surface area contributed by atoms with Gasteiger partial charge in [0.05, 0.1) is 24.2 Å². The molecule has 0 aliphatic carbocycles. The molecule has 1 aromatic heterocycles. The molecule has 0 spiro atoms. The zero-order valence-corrected chi connectivity index (χ0v) is 19.7. The quantitative estimate of drug-likeness (QED) is 0.0886. The largest absolute Gasteiger partial charge is 0.508 e. The highest BCUT2D eigenvalue weighted by Crippen LogP contribution is 2.27. The Morgan fingerprint density at radius 2 is 1.86 bits per heavy atom. The number of carboxylic acid groups (broad SMARTS) is 1. The third-order valence-electron chi connectivity index (χ3n) is 5.58. The zero-order valence-electron chi connectivity index (χ0n) is 19.7. The van der Waals surface area contributed by atoms with Crippen molar-refractivity contribution in [2.45, 2.75) is 52.0 Å². The van der Waals surface area contributed by atoms with Crippen LogP contribution in [0.25, 0.3) is 11.3 Å². The molecule has 2 aromatic rings. The first-order valence-electron chi connectivity index (χ1n) is 11.4. The lowest BCUT2D eigenvalue weighted by molar-refractivity contribution is -0.168. The van der Waals surface area contributed by atoms with Gasteiger partial charge >= 0.3 is 5.97 Å². The first-order valence-corrected chi connectivity index (χ1v) is 11.4. The lowest BCUT2D eigenvalue weighted by Crippen LogP contribution is -2.47. The summed E-state index contributed by atoms with van der Waals surface area (Å²) in [4.78, 5) is 47.4. The van der Waals surface area contributed by atoms with Crippen LogP contribution in [0.15, 0.2) is 34.7 Å². The molecule has 2 rings (SSSR count). The Morgan fingerprint density at radius 3 is 2.49 bits per heavy atom. The van der Waals surface area contributed by atoms with E-state index in [4.69, 9.17) is 9.52 Å². The third kappa shape index (κ3) is 7.57. The van der Waals surface area contributed by atoms with Crippen LogP contribution in [-0.2, 0) is 9.59 Å². The van der Waals surface area contributed by atoms with Crippen molar-refractivity contribution in [3.63, 3.8) is 0 Å². The Morgan fingerprint density at radius 1 is 1.11 bits per heavy atom. The second-order valence-electron chi connectivity index (χ2n) is 8.02. The number of hydrogen-bond donors (Lipinski definition) is 5. The minimum absolute atomic E-state index is 0.0807. The highest BCUT2D eigenvalue weighted by atomic mass is 16.5. The van der Waals surface area contributed by atoms with Crippen molar-refractivity contribution in [2.24, 2.45) is 5.92 Å². The molecule has 0 unspecified atom stereocenters. The smallest absolute Gasteiger partial charge is 0.335 e. The molecule has 5 N–H and O–H groups in total. The molecule has 11 heteroatoms. The molecule has 35 heavy (non-hydrogen) atoms. The van der Waals surface area contributed by atoms with E-state index in [1.807, 2.05) is 6.92 Å². The van der Waals surface area contributed by atoms with Crippen molar-refractivity contribution in [1.29, 1.82) is 0 Å². The van der Waals surface area contributed by atoms with Gasteiger partial charge in [-0.05, 0) is 43.2 Å². The minimum Gasteiger partial charge on any atom is -0.508 e. The number of phenolic OH excluding ortho intramolecular Hbond substituents is 1. The van der Waals surface area contributed by atoms with Gasteiger partial charge in [0.15, 0.2) is 5.76 Å². The molecular weight excluding hydrogens is 458 g/mol. The van der Waals surface area contributed by atoms with Gasteiger partial charge in [0.2, 0.25) is 12.3 Å². The van der Waals surface area contributed by atoms with E-state index < -0.39 is 29.7 Å². The summed E-state index contributed by atoms with van der Waals surface area (Å²) in [7, 11) is 0. The molecule has 0 aliphatic rings. The van der Waals surface area contributed by atoms with Gasteiger partial charge < -0.3 is 25.3 Å². The molecule has 1 aromatic carbocycles. The number of carboxylic acids is 1. The molecule has 2 atom stereocenters. The molecule has 1 heterocycles. The number of unbranched alkanes of at least 4 members (excludes halogenated alkanes) is 2. The number of phenols is 1. The number of carbonyl (C=O) groups is 4.